The van der Waals surface area contributed by atoms with Crippen LogP contribution in [-0.4, -0.2) is 25.9 Å². The van der Waals surface area contributed by atoms with Gasteiger partial charge in [0.1, 0.15) is 0 Å². The SMILES string of the molecule is C=CCNS(=O)(=O)c1ccc(C(=O)Nc2nc(C)c(C)s2)cc1. The number of carbonyl (C=O) groups is 1. The molecule has 1 heterocycles. The number of aryl methyl sites for hydroxylation is 2. The van der Waals surface area contributed by atoms with Crippen LogP contribution in [0.1, 0.15) is 20.9 Å². The number of aromatic nitrogens is 1. The van der Waals surface area contributed by atoms with Gasteiger partial charge in [-0.1, -0.05) is 6.08 Å². The fourth-order valence-electron chi connectivity index (χ4n) is 1.73. The summed E-state index contributed by atoms with van der Waals surface area (Å²) in [4.78, 5) is 17.5. The third-order valence-corrected chi connectivity index (χ3v) is 5.52. The van der Waals surface area contributed by atoms with Gasteiger partial charge in [-0.25, -0.2) is 18.1 Å². The largest absolute Gasteiger partial charge is 0.298 e. The van der Waals surface area contributed by atoms with E-state index in [2.05, 4.69) is 21.6 Å². The van der Waals surface area contributed by atoms with Gasteiger partial charge in [0.15, 0.2) is 5.13 Å². The Morgan fingerprint density at radius 2 is 1.96 bits per heavy atom. The van der Waals surface area contributed by atoms with E-state index in [-0.39, 0.29) is 17.3 Å². The van der Waals surface area contributed by atoms with Gasteiger partial charge >= 0.3 is 0 Å². The summed E-state index contributed by atoms with van der Waals surface area (Å²) in [7, 11) is -3.59. The van der Waals surface area contributed by atoms with E-state index in [1.54, 1.807) is 0 Å². The van der Waals surface area contributed by atoms with Crippen LogP contribution >= 0.6 is 11.3 Å². The zero-order valence-electron chi connectivity index (χ0n) is 12.8. The Morgan fingerprint density at radius 3 is 2.48 bits per heavy atom. The molecule has 1 aromatic heterocycles. The average molecular weight is 351 g/mol. The highest BCUT2D eigenvalue weighted by atomic mass is 32.2. The third kappa shape index (κ3) is 4.25. The van der Waals surface area contributed by atoms with Crippen molar-refractivity contribution in [3.05, 3.63) is 53.1 Å². The molecule has 0 fully saturated rings. The molecular formula is C15H17N3O3S2. The number of thiazole rings is 1. The molecule has 0 aliphatic carbocycles. The molecule has 2 aromatic rings. The van der Waals surface area contributed by atoms with Gasteiger partial charge in [0.05, 0.1) is 10.6 Å². The molecule has 0 spiro atoms. The number of anilines is 1. The van der Waals surface area contributed by atoms with E-state index in [0.717, 1.165) is 10.6 Å². The minimum Gasteiger partial charge on any atom is -0.298 e. The van der Waals surface area contributed by atoms with Crippen LogP contribution in [0.15, 0.2) is 41.8 Å². The second kappa shape index (κ2) is 7.03. The fraction of sp³-hybridized carbons (Fsp3) is 0.200. The van der Waals surface area contributed by atoms with Crippen LogP contribution in [0.2, 0.25) is 0 Å². The number of carbonyl (C=O) groups excluding carboxylic acids is 1. The first-order valence-electron chi connectivity index (χ1n) is 6.79. The lowest BCUT2D eigenvalue weighted by molar-refractivity contribution is 0.102. The maximum Gasteiger partial charge on any atom is 0.257 e. The van der Waals surface area contributed by atoms with Crippen molar-refractivity contribution in [2.45, 2.75) is 18.7 Å². The van der Waals surface area contributed by atoms with Crippen LogP contribution < -0.4 is 10.0 Å². The molecule has 23 heavy (non-hydrogen) atoms. The smallest absolute Gasteiger partial charge is 0.257 e. The third-order valence-electron chi connectivity index (χ3n) is 3.09. The molecule has 0 aliphatic rings. The summed E-state index contributed by atoms with van der Waals surface area (Å²) in [6.07, 6.45) is 1.46. The van der Waals surface area contributed by atoms with Gasteiger partial charge < -0.3 is 0 Å². The highest BCUT2D eigenvalue weighted by Gasteiger charge is 2.15. The molecule has 1 amide bonds. The zero-order valence-corrected chi connectivity index (χ0v) is 14.4. The average Bonchev–Trinajstić information content (AvgIpc) is 2.83. The monoisotopic (exact) mass is 351 g/mol. The van der Waals surface area contributed by atoms with Crippen LogP contribution in [0.3, 0.4) is 0 Å². The zero-order chi connectivity index (χ0) is 17.0. The Hall–Kier alpha value is -2.03. The molecule has 2 rings (SSSR count). The molecule has 0 radical (unpaired) electrons. The van der Waals surface area contributed by atoms with Crippen molar-refractivity contribution in [3.8, 4) is 0 Å². The van der Waals surface area contributed by atoms with Gasteiger partial charge in [-0.05, 0) is 38.1 Å². The van der Waals surface area contributed by atoms with Crippen molar-refractivity contribution in [3.63, 3.8) is 0 Å². The summed E-state index contributed by atoms with van der Waals surface area (Å²) >= 11 is 1.40. The molecule has 0 atom stereocenters. The highest BCUT2D eigenvalue weighted by Crippen LogP contribution is 2.22. The molecule has 6 nitrogen and oxygen atoms in total. The quantitative estimate of drug-likeness (QED) is 0.783. The number of nitrogens with zero attached hydrogens (tertiary/aromatic N) is 1. The van der Waals surface area contributed by atoms with Gasteiger partial charge in [-0.3, -0.25) is 10.1 Å². The molecule has 0 bridgehead atoms. The van der Waals surface area contributed by atoms with Crippen molar-refractivity contribution in [2.24, 2.45) is 0 Å². The first-order chi connectivity index (χ1) is 10.8. The predicted molar refractivity (Wildman–Crippen MR) is 91.4 cm³/mol. The summed E-state index contributed by atoms with van der Waals surface area (Å²) in [5, 5.41) is 3.23. The maximum atomic E-state index is 12.1. The van der Waals surface area contributed by atoms with Crippen molar-refractivity contribution in [2.75, 3.05) is 11.9 Å². The Balaban J connectivity index is 2.12. The standard InChI is InChI=1S/C15H17N3O3S2/c1-4-9-16-23(20,21)13-7-5-12(6-8-13)14(19)18-15-17-10(2)11(3)22-15/h4-8,16H,1,9H2,2-3H3,(H,17,18,19). The molecule has 0 saturated carbocycles. The van der Waals surface area contributed by atoms with Crippen LogP contribution in [-0.2, 0) is 10.0 Å². The van der Waals surface area contributed by atoms with Gasteiger partial charge in [0, 0.05) is 17.0 Å². The Labute approximate surface area is 139 Å². The molecular weight excluding hydrogens is 334 g/mol. The molecule has 0 unspecified atom stereocenters. The second-order valence-corrected chi connectivity index (χ2v) is 7.75. The first-order valence-corrected chi connectivity index (χ1v) is 9.09. The van der Waals surface area contributed by atoms with Crippen LogP contribution in [0.5, 0.6) is 0 Å². The Kier molecular flexibility index (Phi) is 5.30. The number of nitrogens with one attached hydrogen (secondary N) is 2. The lowest BCUT2D eigenvalue weighted by Gasteiger charge is -2.06. The molecule has 8 heteroatoms. The summed E-state index contributed by atoms with van der Waals surface area (Å²) in [6.45, 7) is 7.41. The van der Waals surface area contributed by atoms with Crippen LogP contribution in [0.25, 0.3) is 0 Å². The Morgan fingerprint density at radius 1 is 1.30 bits per heavy atom. The summed E-state index contributed by atoms with van der Waals surface area (Å²) in [5.41, 5.74) is 1.23. The topological polar surface area (TPSA) is 88.2 Å². The fourth-order valence-corrected chi connectivity index (χ4v) is 3.54. The van der Waals surface area contributed by atoms with Crippen LogP contribution in [0.4, 0.5) is 5.13 Å². The predicted octanol–water partition coefficient (Wildman–Crippen LogP) is 2.48. The number of sulfonamides is 1. The molecule has 2 N–H and O–H groups in total. The van der Waals surface area contributed by atoms with Crippen molar-refractivity contribution in [1.82, 2.24) is 9.71 Å². The van der Waals surface area contributed by atoms with Gasteiger partial charge in [0.25, 0.3) is 5.91 Å². The van der Waals surface area contributed by atoms with Crippen molar-refractivity contribution >= 4 is 32.4 Å². The first kappa shape index (κ1) is 17.3. The minimum absolute atomic E-state index is 0.0943. The van der Waals surface area contributed by atoms with E-state index in [0.29, 0.717) is 10.7 Å². The highest BCUT2D eigenvalue weighted by molar-refractivity contribution is 7.89. The van der Waals surface area contributed by atoms with Crippen molar-refractivity contribution < 1.29 is 13.2 Å². The van der Waals surface area contributed by atoms with E-state index in [4.69, 9.17) is 0 Å². The normalized spacial score (nSPS) is 11.2. The summed E-state index contributed by atoms with van der Waals surface area (Å²) in [5.74, 6) is -0.332. The molecule has 0 aliphatic heterocycles. The number of amides is 1. The molecule has 1 aromatic carbocycles. The van der Waals surface area contributed by atoms with Crippen LogP contribution in [0, 0.1) is 13.8 Å². The minimum atomic E-state index is -3.59. The van der Waals surface area contributed by atoms with Crippen molar-refractivity contribution in [1.29, 1.82) is 0 Å². The van der Waals surface area contributed by atoms with E-state index in [1.165, 1.54) is 41.7 Å². The number of benzene rings is 1. The summed E-state index contributed by atoms with van der Waals surface area (Å²) < 4.78 is 26.2. The molecule has 122 valence electrons. The number of hydrogen-bond donors (Lipinski definition) is 2. The van der Waals surface area contributed by atoms with Gasteiger partial charge in [-0.2, -0.15) is 0 Å². The van der Waals surface area contributed by atoms with E-state index in [1.807, 2.05) is 13.8 Å². The Bertz CT molecular complexity index is 805. The second-order valence-electron chi connectivity index (χ2n) is 4.78. The van der Waals surface area contributed by atoms with Gasteiger partial charge in [0.2, 0.25) is 10.0 Å². The summed E-state index contributed by atoms with van der Waals surface area (Å²) in [6, 6.07) is 5.70. The number of rotatable bonds is 6. The maximum absolute atomic E-state index is 12.1. The molecule has 0 saturated heterocycles. The van der Waals surface area contributed by atoms with Gasteiger partial charge in [-0.15, -0.1) is 17.9 Å². The van der Waals surface area contributed by atoms with E-state index in [9.17, 15) is 13.2 Å². The van der Waals surface area contributed by atoms with E-state index < -0.39 is 10.0 Å². The number of hydrogen-bond acceptors (Lipinski definition) is 5. The van der Waals surface area contributed by atoms with E-state index >= 15 is 0 Å². The lowest BCUT2D eigenvalue weighted by Crippen LogP contribution is -2.23. The lowest BCUT2D eigenvalue weighted by atomic mass is 10.2.